The third kappa shape index (κ3) is 5.19. The molecule has 0 radical (unpaired) electrons. The molecule has 2 heterocycles. The molecule has 1 fully saturated rings. The summed E-state index contributed by atoms with van der Waals surface area (Å²) in [6.45, 7) is 8.05. The highest BCUT2D eigenvalue weighted by Gasteiger charge is 2.30. The summed E-state index contributed by atoms with van der Waals surface area (Å²) in [7, 11) is 0. The van der Waals surface area contributed by atoms with Crippen LogP contribution in [0.2, 0.25) is 0 Å². The Kier molecular flexibility index (Phi) is 7.06. The number of hydrogen-bond donors (Lipinski definition) is 2. The molecule has 2 atom stereocenters. The van der Waals surface area contributed by atoms with Gasteiger partial charge in [-0.1, -0.05) is 25.6 Å². The molecule has 8 heteroatoms. The number of hydrogen-bond acceptors (Lipinski definition) is 6. The lowest BCUT2D eigenvalue weighted by molar-refractivity contribution is -0.128. The summed E-state index contributed by atoms with van der Waals surface area (Å²) in [5, 5.41) is 14.0. The summed E-state index contributed by atoms with van der Waals surface area (Å²) in [6.07, 6.45) is 1.52. The summed E-state index contributed by atoms with van der Waals surface area (Å²) in [4.78, 5) is 28.9. The highest BCUT2D eigenvalue weighted by Crippen LogP contribution is 2.25. The molecule has 6 nitrogen and oxygen atoms in total. The van der Waals surface area contributed by atoms with Crippen LogP contribution in [0.3, 0.4) is 0 Å². The fraction of sp³-hybridized carbons (Fsp3) is 0.688. The van der Waals surface area contributed by atoms with Gasteiger partial charge in [-0.3, -0.25) is 4.79 Å². The second-order valence-electron chi connectivity index (χ2n) is 6.37. The molecule has 24 heavy (non-hydrogen) atoms. The monoisotopic (exact) mass is 371 g/mol. The van der Waals surface area contributed by atoms with E-state index in [2.05, 4.69) is 31.1 Å². The Balaban J connectivity index is 1.80. The third-order valence-corrected chi connectivity index (χ3v) is 6.39. The second kappa shape index (κ2) is 8.82. The standard InChI is InChI=1S/C16H25N3O3S2/c1-10(2)11(3)17-8-12-4-5-14(20)19(12)6-7-23-16-18-13(9-24-16)15(21)22/h9-12,17H,4-8H2,1-3H3,(H,21,22). The fourth-order valence-corrected chi connectivity index (χ4v) is 4.33. The van der Waals surface area contributed by atoms with Crippen LogP contribution < -0.4 is 5.32 Å². The molecule has 0 spiro atoms. The lowest BCUT2D eigenvalue weighted by Gasteiger charge is -2.27. The van der Waals surface area contributed by atoms with Crippen LogP contribution in [0.25, 0.3) is 0 Å². The number of carbonyl (C=O) groups excluding carboxylic acids is 1. The fourth-order valence-electron chi connectivity index (χ4n) is 2.52. The lowest BCUT2D eigenvalue weighted by atomic mass is 10.1. The van der Waals surface area contributed by atoms with E-state index in [4.69, 9.17) is 5.11 Å². The van der Waals surface area contributed by atoms with Gasteiger partial charge >= 0.3 is 5.97 Å². The average molecular weight is 372 g/mol. The van der Waals surface area contributed by atoms with Crippen molar-refractivity contribution >= 4 is 35.0 Å². The van der Waals surface area contributed by atoms with E-state index in [-0.39, 0.29) is 17.6 Å². The number of thiazole rings is 1. The van der Waals surface area contributed by atoms with Gasteiger partial charge in [0, 0.05) is 42.7 Å². The first-order valence-corrected chi connectivity index (χ1v) is 10.1. The number of nitrogens with zero attached hydrogens (tertiary/aromatic N) is 2. The van der Waals surface area contributed by atoms with Gasteiger partial charge < -0.3 is 15.3 Å². The first kappa shape index (κ1) is 19.2. The van der Waals surface area contributed by atoms with Crippen LogP contribution in [-0.4, -0.2) is 57.8 Å². The average Bonchev–Trinajstić information content (AvgIpc) is 3.13. The van der Waals surface area contributed by atoms with Gasteiger partial charge in [-0.15, -0.1) is 11.3 Å². The van der Waals surface area contributed by atoms with Crippen LogP contribution in [0.5, 0.6) is 0 Å². The number of thioether (sulfide) groups is 1. The van der Waals surface area contributed by atoms with Crippen molar-refractivity contribution in [2.45, 2.75) is 50.0 Å². The van der Waals surface area contributed by atoms with Gasteiger partial charge in [0.1, 0.15) is 0 Å². The number of likely N-dealkylation sites (tertiary alicyclic amines) is 1. The van der Waals surface area contributed by atoms with E-state index in [1.807, 2.05) is 4.90 Å². The third-order valence-electron chi connectivity index (χ3n) is 4.39. The summed E-state index contributed by atoms with van der Waals surface area (Å²) in [5.41, 5.74) is 0.0875. The molecule has 2 N–H and O–H groups in total. The molecular weight excluding hydrogens is 346 g/mol. The van der Waals surface area contributed by atoms with Gasteiger partial charge in [0.2, 0.25) is 5.91 Å². The summed E-state index contributed by atoms with van der Waals surface area (Å²) >= 11 is 2.84. The Labute approximate surface area is 151 Å². The van der Waals surface area contributed by atoms with Crippen molar-refractivity contribution in [3.05, 3.63) is 11.1 Å². The molecule has 1 saturated heterocycles. The Morgan fingerprint density at radius 1 is 1.54 bits per heavy atom. The molecule has 0 bridgehead atoms. The van der Waals surface area contributed by atoms with E-state index < -0.39 is 5.97 Å². The maximum atomic E-state index is 12.1. The van der Waals surface area contributed by atoms with Crippen molar-refractivity contribution in [2.75, 3.05) is 18.8 Å². The van der Waals surface area contributed by atoms with Crippen molar-refractivity contribution < 1.29 is 14.7 Å². The number of aromatic nitrogens is 1. The Hall–Kier alpha value is -1.12. The van der Waals surface area contributed by atoms with Gasteiger partial charge in [0.25, 0.3) is 0 Å². The van der Waals surface area contributed by atoms with Gasteiger partial charge in [-0.25, -0.2) is 9.78 Å². The first-order chi connectivity index (χ1) is 11.4. The molecule has 1 aromatic rings. The first-order valence-electron chi connectivity index (χ1n) is 8.23. The van der Waals surface area contributed by atoms with Crippen LogP contribution in [0.4, 0.5) is 0 Å². The molecule has 2 rings (SSSR count). The number of aromatic carboxylic acids is 1. The Bertz CT molecular complexity index is 577. The maximum absolute atomic E-state index is 12.1. The minimum atomic E-state index is -1.00. The SMILES string of the molecule is CC(C)C(C)NCC1CCC(=O)N1CCSc1nc(C(=O)O)cs1. The zero-order valence-electron chi connectivity index (χ0n) is 14.3. The molecule has 0 saturated carbocycles. The zero-order valence-corrected chi connectivity index (χ0v) is 16.0. The molecule has 0 aromatic carbocycles. The van der Waals surface area contributed by atoms with Crippen molar-refractivity contribution in [1.82, 2.24) is 15.2 Å². The number of carboxylic acids is 1. The number of carboxylic acid groups (broad SMARTS) is 1. The van der Waals surface area contributed by atoms with Crippen LogP contribution >= 0.6 is 23.1 Å². The van der Waals surface area contributed by atoms with Gasteiger partial charge in [-0.05, 0) is 19.3 Å². The number of amides is 1. The van der Waals surface area contributed by atoms with E-state index in [0.717, 1.165) is 23.1 Å². The van der Waals surface area contributed by atoms with E-state index in [0.29, 0.717) is 24.9 Å². The summed E-state index contributed by atoms with van der Waals surface area (Å²) < 4.78 is 0.738. The largest absolute Gasteiger partial charge is 0.476 e. The van der Waals surface area contributed by atoms with Crippen LogP contribution in [0, 0.1) is 5.92 Å². The molecule has 134 valence electrons. The number of carbonyl (C=O) groups is 2. The number of nitrogens with one attached hydrogen (secondary N) is 1. The summed E-state index contributed by atoms with van der Waals surface area (Å²) in [6, 6.07) is 0.687. The van der Waals surface area contributed by atoms with Crippen molar-refractivity contribution in [3.8, 4) is 0 Å². The van der Waals surface area contributed by atoms with Gasteiger partial charge in [0.05, 0.1) is 0 Å². The predicted molar refractivity (Wildman–Crippen MR) is 96.8 cm³/mol. The second-order valence-corrected chi connectivity index (χ2v) is 8.57. The predicted octanol–water partition coefficient (Wildman–Crippen LogP) is 2.56. The maximum Gasteiger partial charge on any atom is 0.355 e. The molecular formula is C16H25N3O3S2. The molecule has 1 amide bonds. The highest BCUT2D eigenvalue weighted by molar-refractivity contribution is 8.01. The number of rotatable bonds is 9. The summed E-state index contributed by atoms with van der Waals surface area (Å²) in [5.74, 6) is 0.511. The van der Waals surface area contributed by atoms with Crippen molar-refractivity contribution in [3.63, 3.8) is 0 Å². The normalized spacial score (nSPS) is 19.2. The quantitative estimate of drug-likeness (QED) is 0.649. The van der Waals surface area contributed by atoms with Crippen LogP contribution in [-0.2, 0) is 4.79 Å². The molecule has 2 unspecified atom stereocenters. The topological polar surface area (TPSA) is 82.5 Å². The molecule has 1 aromatic heterocycles. The van der Waals surface area contributed by atoms with E-state index >= 15 is 0 Å². The van der Waals surface area contributed by atoms with Crippen LogP contribution in [0.1, 0.15) is 44.1 Å². The van der Waals surface area contributed by atoms with Gasteiger partial charge in [0.15, 0.2) is 10.0 Å². The minimum Gasteiger partial charge on any atom is -0.476 e. The molecule has 1 aliphatic heterocycles. The van der Waals surface area contributed by atoms with Crippen LogP contribution in [0.15, 0.2) is 9.72 Å². The van der Waals surface area contributed by atoms with E-state index in [9.17, 15) is 9.59 Å². The lowest BCUT2D eigenvalue weighted by Crippen LogP contribution is -2.44. The Morgan fingerprint density at radius 3 is 2.92 bits per heavy atom. The highest BCUT2D eigenvalue weighted by atomic mass is 32.2. The van der Waals surface area contributed by atoms with Crippen molar-refractivity contribution in [2.24, 2.45) is 5.92 Å². The smallest absolute Gasteiger partial charge is 0.355 e. The van der Waals surface area contributed by atoms with E-state index in [1.54, 1.807) is 5.38 Å². The zero-order chi connectivity index (χ0) is 17.7. The van der Waals surface area contributed by atoms with Gasteiger partial charge in [-0.2, -0.15) is 0 Å². The molecule has 0 aliphatic carbocycles. The molecule has 1 aliphatic rings. The minimum absolute atomic E-state index is 0.0875. The van der Waals surface area contributed by atoms with Crippen molar-refractivity contribution in [1.29, 1.82) is 0 Å². The Morgan fingerprint density at radius 2 is 2.29 bits per heavy atom. The van der Waals surface area contributed by atoms with E-state index in [1.165, 1.54) is 23.1 Å².